The number of rotatable bonds is 9. The lowest BCUT2D eigenvalue weighted by Gasteiger charge is -2.35. The Morgan fingerprint density at radius 1 is 1.00 bits per heavy atom. The van der Waals surface area contributed by atoms with Crippen molar-refractivity contribution in [3.63, 3.8) is 0 Å². The molecule has 1 atom stereocenters. The minimum absolute atomic E-state index is 0.0952. The molecule has 204 valence electrons. The summed E-state index contributed by atoms with van der Waals surface area (Å²) >= 11 is 0. The molecule has 2 aromatic rings. The second-order valence-corrected chi connectivity index (χ2v) is 11.5. The van der Waals surface area contributed by atoms with Crippen LogP contribution in [0, 0.1) is 12.8 Å². The summed E-state index contributed by atoms with van der Waals surface area (Å²) in [7, 11) is -3.71. The van der Waals surface area contributed by atoms with Crippen LogP contribution in [0.15, 0.2) is 47.4 Å². The van der Waals surface area contributed by atoms with Crippen molar-refractivity contribution in [1.29, 1.82) is 0 Å². The Kier molecular flexibility index (Phi) is 8.22. The molecule has 0 spiro atoms. The number of hydrogen-bond acceptors (Lipinski definition) is 6. The second kappa shape index (κ2) is 11.4. The van der Waals surface area contributed by atoms with Crippen molar-refractivity contribution in [2.75, 3.05) is 49.1 Å². The predicted molar refractivity (Wildman–Crippen MR) is 141 cm³/mol. The number of carbonyl (C=O) groups excluding carboxylic acids is 1. The number of carbonyl (C=O) groups is 3. The Morgan fingerprint density at radius 2 is 1.74 bits per heavy atom. The SMILES string of the molecule is Cc1cccc(N2CCN(S(=O)(=O)c3ccc4c(c3)CCN4C(=O)NCC(CCC(=O)O)C(=O)O)CC2)c1. The molecule has 0 aliphatic carbocycles. The molecule has 4 rings (SSSR count). The number of urea groups is 1. The van der Waals surface area contributed by atoms with Gasteiger partial charge in [0, 0.05) is 57.1 Å². The molecule has 0 bridgehead atoms. The third kappa shape index (κ3) is 6.08. The van der Waals surface area contributed by atoms with E-state index in [0.717, 1.165) is 16.8 Å². The molecular weight excluding hydrogens is 512 g/mol. The lowest BCUT2D eigenvalue weighted by molar-refractivity contribution is -0.142. The van der Waals surface area contributed by atoms with E-state index >= 15 is 0 Å². The van der Waals surface area contributed by atoms with Gasteiger partial charge in [0.15, 0.2) is 0 Å². The number of nitrogens with zero attached hydrogens (tertiary/aromatic N) is 3. The minimum atomic E-state index is -3.71. The molecule has 11 nitrogen and oxygen atoms in total. The molecule has 3 N–H and O–H groups in total. The molecule has 0 aromatic heterocycles. The van der Waals surface area contributed by atoms with Crippen LogP contribution in [-0.4, -0.2) is 80.2 Å². The highest BCUT2D eigenvalue weighted by Gasteiger charge is 2.32. The number of anilines is 2. The monoisotopic (exact) mass is 544 g/mol. The standard InChI is InChI=1S/C26H32N4O7S/c1-18-3-2-4-21(15-18)28-11-13-29(14-12-28)38(36,37)22-6-7-23-19(16-22)9-10-30(23)26(35)27-17-20(25(33)34)5-8-24(31)32/h2-4,6-7,15-16,20H,5,8-14,17H2,1H3,(H,27,35)(H,31,32)(H,33,34). The Balaban J connectivity index is 1.39. The number of benzene rings is 2. The van der Waals surface area contributed by atoms with Gasteiger partial charge in [0.2, 0.25) is 10.0 Å². The molecule has 38 heavy (non-hydrogen) atoms. The van der Waals surface area contributed by atoms with Crippen molar-refractivity contribution in [1.82, 2.24) is 9.62 Å². The molecule has 1 unspecified atom stereocenters. The summed E-state index contributed by atoms with van der Waals surface area (Å²) in [4.78, 5) is 38.7. The first-order chi connectivity index (χ1) is 18.1. The maximum atomic E-state index is 13.4. The summed E-state index contributed by atoms with van der Waals surface area (Å²) in [6.45, 7) is 4.07. The third-order valence-corrected chi connectivity index (χ3v) is 8.89. The van der Waals surface area contributed by atoms with E-state index in [1.54, 1.807) is 12.1 Å². The molecular formula is C26H32N4O7S. The van der Waals surface area contributed by atoms with Crippen molar-refractivity contribution in [3.8, 4) is 0 Å². The number of aliphatic carboxylic acids is 2. The predicted octanol–water partition coefficient (Wildman–Crippen LogP) is 2.14. The Labute approximate surface area is 221 Å². The molecule has 0 saturated carbocycles. The van der Waals surface area contributed by atoms with Gasteiger partial charge in [-0.15, -0.1) is 0 Å². The smallest absolute Gasteiger partial charge is 0.321 e. The number of piperazine rings is 1. The molecule has 2 aliphatic rings. The summed E-state index contributed by atoms with van der Waals surface area (Å²) in [6.07, 6.45) is 0.0637. The summed E-state index contributed by atoms with van der Waals surface area (Å²) in [5, 5.41) is 20.7. The van der Waals surface area contributed by atoms with Crippen LogP contribution < -0.4 is 15.1 Å². The van der Waals surface area contributed by atoms with Gasteiger partial charge in [0.05, 0.1) is 10.8 Å². The zero-order valence-electron chi connectivity index (χ0n) is 21.2. The van der Waals surface area contributed by atoms with Crippen LogP contribution >= 0.6 is 0 Å². The van der Waals surface area contributed by atoms with Gasteiger partial charge in [0.1, 0.15) is 0 Å². The average Bonchev–Trinajstić information content (AvgIpc) is 3.32. The summed E-state index contributed by atoms with van der Waals surface area (Å²) < 4.78 is 28.2. The van der Waals surface area contributed by atoms with Gasteiger partial charge < -0.3 is 20.4 Å². The van der Waals surface area contributed by atoms with Gasteiger partial charge in [-0.3, -0.25) is 14.5 Å². The highest BCUT2D eigenvalue weighted by molar-refractivity contribution is 7.89. The fourth-order valence-corrected chi connectivity index (χ4v) is 6.30. The average molecular weight is 545 g/mol. The van der Waals surface area contributed by atoms with Crippen LogP contribution in [0.1, 0.15) is 24.0 Å². The highest BCUT2D eigenvalue weighted by Crippen LogP contribution is 2.32. The molecule has 2 aromatic carbocycles. The van der Waals surface area contributed by atoms with Crippen LogP contribution in [0.3, 0.4) is 0 Å². The zero-order chi connectivity index (χ0) is 27.4. The zero-order valence-corrected chi connectivity index (χ0v) is 22.0. The Hall–Kier alpha value is -3.64. The fourth-order valence-electron chi connectivity index (χ4n) is 4.83. The maximum Gasteiger partial charge on any atom is 0.321 e. The third-order valence-electron chi connectivity index (χ3n) is 6.99. The lowest BCUT2D eigenvalue weighted by Crippen LogP contribution is -2.48. The number of amides is 2. The topological polar surface area (TPSA) is 148 Å². The quantitative estimate of drug-likeness (QED) is 0.435. The van der Waals surface area contributed by atoms with E-state index < -0.39 is 33.9 Å². The first kappa shape index (κ1) is 27.4. The van der Waals surface area contributed by atoms with Crippen molar-refractivity contribution in [2.45, 2.75) is 31.1 Å². The number of fused-ring (bicyclic) bond motifs is 1. The Morgan fingerprint density at radius 3 is 2.39 bits per heavy atom. The molecule has 1 saturated heterocycles. The number of hydrogen-bond donors (Lipinski definition) is 3. The summed E-state index contributed by atoms with van der Waals surface area (Å²) in [6, 6.07) is 12.3. The van der Waals surface area contributed by atoms with Crippen LogP contribution in [0.25, 0.3) is 0 Å². The summed E-state index contributed by atoms with van der Waals surface area (Å²) in [5.41, 5.74) is 3.52. The van der Waals surface area contributed by atoms with Gasteiger partial charge >= 0.3 is 18.0 Å². The molecule has 0 radical (unpaired) electrons. The van der Waals surface area contributed by atoms with Gasteiger partial charge in [-0.25, -0.2) is 13.2 Å². The van der Waals surface area contributed by atoms with Crippen LogP contribution in [0.4, 0.5) is 16.2 Å². The maximum absolute atomic E-state index is 13.4. The van der Waals surface area contributed by atoms with Crippen LogP contribution in [-0.2, 0) is 26.0 Å². The van der Waals surface area contributed by atoms with E-state index in [2.05, 4.69) is 16.3 Å². The Bertz CT molecular complexity index is 1320. The number of carboxylic acid groups (broad SMARTS) is 2. The van der Waals surface area contributed by atoms with Gasteiger partial charge in [0.25, 0.3) is 0 Å². The normalized spacial score (nSPS) is 16.7. The molecule has 2 amide bonds. The molecule has 2 heterocycles. The molecule has 12 heteroatoms. The van der Waals surface area contributed by atoms with Crippen molar-refractivity contribution >= 4 is 39.4 Å². The summed E-state index contributed by atoms with van der Waals surface area (Å²) in [5.74, 6) is -3.30. The molecule has 1 fully saturated rings. The van der Waals surface area contributed by atoms with E-state index in [1.807, 2.05) is 25.1 Å². The van der Waals surface area contributed by atoms with Crippen LogP contribution in [0.5, 0.6) is 0 Å². The van der Waals surface area contributed by atoms with E-state index in [9.17, 15) is 27.9 Å². The fraction of sp³-hybridized carbons (Fsp3) is 0.423. The highest BCUT2D eigenvalue weighted by atomic mass is 32.2. The van der Waals surface area contributed by atoms with Crippen molar-refractivity contribution in [2.24, 2.45) is 5.92 Å². The van der Waals surface area contributed by atoms with E-state index in [1.165, 1.54) is 15.3 Å². The first-order valence-electron chi connectivity index (χ1n) is 12.5. The number of carboxylic acids is 2. The first-order valence-corrected chi connectivity index (χ1v) is 13.9. The lowest BCUT2D eigenvalue weighted by atomic mass is 10.0. The van der Waals surface area contributed by atoms with Crippen molar-refractivity contribution in [3.05, 3.63) is 53.6 Å². The number of aryl methyl sites for hydroxylation is 1. The number of nitrogens with one attached hydrogen (secondary N) is 1. The van der Waals surface area contributed by atoms with Gasteiger partial charge in [-0.1, -0.05) is 12.1 Å². The molecule has 2 aliphatic heterocycles. The van der Waals surface area contributed by atoms with E-state index in [-0.39, 0.29) is 24.3 Å². The largest absolute Gasteiger partial charge is 0.481 e. The second-order valence-electron chi connectivity index (χ2n) is 9.58. The number of sulfonamides is 1. The van der Waals surface area contributed by atoms with Gasteiger partial charge in [-0.05, 0) is 61.2 Å². The van der Waals surface area contributed by atoms with E-state index in [4.69, 9.17) is 5.11 Å². The minimum Gasteiger partial charge on any atom is -0.481 e. The van der Waals surface area contributed by atoms with E-state index in [0.29, 0.717) is 44.8 Å². The van der Waals surface area contributed by atoms with Crippen LogP contribution in [0.2, 0.25) is 0 Å². The van der Waals surface area contributed by atoms with Crippen molar-refractivity contribution < 1.29 is 33.0 Å². The van der Waals surface area contributed by atoms with Gasteiger partial charge in [-0.2, -0.15) is 4.31 Å².